The third kappa shape index (κ3) is 4.63. The molecular weight excluding hydrogens is 494 g/mol. The lowest BCUT2D eigenvalue weighted by Gasteiger charge is -2.25. The minimum Gasteiger partial charge on any atom is -0.508 e. The molecule has 3 heterocycles. The second-order valence-corrected chi connectivity index (χ2v) is 9.81. The van der Waals surface area contributed by atoms with Crippen molar-refractivity contribution in [2.24, 2.45) is 0 Å². The summed E-state index contributed by atoms with van der Waals surface area (Å²) in [5, 5.41) is 12.3. The largest absolute Gasteiger partial charge is 0.508 e. The van der Waals surface area contributed by atoms with Crippen molar-refractivity contribution in [1.82, 2.24) is 9.48 Å². The monoisotopic (exact) mass is 524 g/mol. The Labute approximate surface area is 225 Å². The van der Waals surface area contributed by atoms with Crippen molar-refractivity contribution in [3.8, 4) is 17.1 Å². The van der Waals surface area contributed by atoms with Crippen LogP contribution in [0.15, 0.2) is 80.4 Å². The first-order valence-corrected chi connectivity index (χ1v) is 13.3. The molecular formula is C31H30N3O5+. The molecule has 1 amide bonds. The quantitative estimate of drug-likeness (QED) is 0.216. The molecule has 1 aliphatic carbocycles. The van der Waals surface area contributed by atoms with Crippen molar-refractivity contribution < 1.29 is 18.7 Å². The number of benzene rings is 3. The zero-order chi connectivity index (χ0) is 27.1. The van der Waals surface area contributed by atoms with E-state index in [-0.39, 0.29) is 22.8 Å². The molecule has 39 heavy (non-hydrogen) atoms. The van der Waals surface area contributed by atoms with Gasteiger partial charge >= 0.3 is 5.63 Å². The lowest BCUT2D eigenvalue weighted by molar-refractivity contribution is 0.0720. The SMILES string of the molecule is CCN(CC)c1ccc2cc3ccc(=[N+]4CCN(C(=O)c5cc6ccc(O)cc6oc5=O)CC4)cc-3oc2c1. The maximum Gasteiger partial charge on any atom is 0.349 e. The second-order valence-electron chi connectivity index (χ2n) is 9.81. The van der Waals surface area contributed by atoms with E-state index in [0.717, 1.165) is 46.4 Å². The second kappa shape index (κ2) is 9.94. The summed E-state index contributed by atoms with van der Waals surface area (Å²) in [6.07, 6.45) is 0. The first-order valence-electron chi connectivity index (χ1n) is 13.3. The summed E-state index contributed by atoms with van der Waals surface area (Å²) < 4.78 is 13.9. The zero-order valence-electron chi connectivity index (χ0n) is 22.0. The first kappa shape index (κ1) is 24.7. The summed E-state index contributed by atoms with van der Waals surface area (Å²) in [5.74, 6) is 0.470. The molecule has 2 aliphatic heterocycles. The van der Waals surface area contributed by atoms with Gasteiger partial charge in [-0.05, 0) is 56.3 Å². The highest BCUT2D eigenvalue weighted by Gasteiger charge is 2.27. The maximum absolute atomic E-state index is 13.2. The number of nitrogens with zero attached hydrogens (tertiary/aromatic N) is 3. The van der Waals surface area contributed by atoms with Gasteiger partial charge in [0, 0.05) is 53.3 Å². The molecule has 8 nitrogen and oxygen atoms in total. The van der Waals surface area contributed by atoms with Gasteiger partial charge in [0.05, 0.1) is 19.2 Å². The Morgan fingerprint density at radius 1 is 0.897 bits per heavy atom. The van der Waals surface area contributed by atoms with Gasteiger partial charge in [-0.15, -0.1) is 0 Å². The summed E-state index contributed by atoms with van der Waals surface area (Å²) in [4.78, 5) is 29.7. The van der Waals surface area contributed by atoms with Gasteiger partial charge in [-0.1, -0.05) is 0 Å². The van der Waals surface area contributed by atoms with Crippen LogP contribution in [0.1, 0.15) is 24.2 Å². The highest BCUT2D eigenvalue weighted by atomic mass is 16.4. The predicted molar refractivity (Wildman–Crippen MR) is 151 cm³/mol. The molecule has 0 spiro atoms. The van der Waals surface area contributed by atoms with Crippen LogP contribution in [0.2, 0.25) is 0 Å². The number of carbonyl (C=O) groups is 1. The highest BCUT2D eigenvalue weighted by Crippen LogP contribution is 2.29. The van der Waals surface area contributed by atoms with Gasteiger partial charge in [0.2, 0.25) is 5.36 Å². The van der Waals surface area contributed by atoms with Crippen molar-refractivity contribution in [3.05, 3.63) is 88.1 Å². The average Bonchev–Trinajstić information content (AvgIpc) is 2.95. The van der Waals surface area contributed by atoms with Crippen LogP contribution in [0, 0.1) is 0 Å². The Morgan fingerprint density at radius 3 is 2.38 bits per heavy atom. The van der Waals surface area contributed by atoms with Crippen LogP contribution >= 0.6 is 0 Å². The molecule has 2 aromatic carbocycles. The number of anilines is 1. The zero-order valence-corrected chi connectivity index (χ0v) is 22.0. The van der Waals surface area contributed by atoms with Crippen LogP contribution in [-0.2, 0) is 0 Å². The number of amides is 1. The molecule has 6 rings (SSSR count). The number of fused-ring (bicyclic) bond motifs is 3. The van der Waals surface area contributed by atoms with E-state index in [0.29, 0.717) is 31.6 Å². The van der Waals surface area contributed by atoms with Crippen molar-refractivity contribution in [2.75, 3.05) is 44.2 Å². The van der Waals surface area contributed by atoms with Crippen LogP contribution in [0.25, 0.3) is 33.3 Å². The minimum absolute atomic E-state index is 0.0000861. The Hall–Kier alpha value is -4.59. The fourth-order valence-corrected chi connectivity index (χ4v) is 5.32. The van der Waals surface area contributed by atoms with E-state index in [9.17, 15) is 14.7 Å². The lowest BCUT2D eigenvalue weighted by atomic mass is 10.1. The average molecular weight is 525 g/mol. The van der Waals surface area contributed by atoms with Gasteiger partial charge in [-0.3, -0.25) is 4.79 Å². The Kier molecular flexibility index (Phi) is 6.30. The van der Waals surface area contributed by atoms with Gasteiger partial charge in [-0.2, -0.15) is 0 Å². The lowest BCUT2D eigenvalue weighted by Crippen LogP contribution is -2.50. The van der Waals surface area contributed by atoms with E-state index in [1.807, 2.05) is 0 Å². The molecule has 1 saturated heterocycles. The molecule has 1 aromatic heterocycles. The Balaban J connectivity index is 1.26. The summed E-state index contributed by atoms with van der Waals surface area (Å²) >= 11 is 0. The molecule has 0 radical (unpaired) electrons. The van der Waals surface area contributed by atoms with Crippen molar-refractivity contribution >= 4 is 33.5 Å². The normalized spacial score (nSPS) is 13.9. The van der Waals surface area contributed by atoms with Crippen molar-refractivity contribution in [1.29, 1.82) is 0 Å². The Morgan fingerprint density at radius 2 is 1.62 bits per heavy atom. The summed E-state index contributed by atoms with van der Waals surface area (Å²) in [5.41, 5.74) is 2.58. The number of phenols is 1. The standard InChI is InChI=1S/C31H29N3O5/c1-3-32(4-2)23-8-5-20-15-21-6-9-24(18-28(21)38-27(20)17-23)33-11-13-34(14-12-33)30(36)26-16-22-7-10-25(35)19-29(22)39-31(26)37/h5-10,15-19H,3-4,11-14H2,1-2H3/p+1. The summed E-state index contributed by atoms with van der Waals surface area (Å²) in [7, 11) is 0. The fraction of sp³-hybridized carbons (Fsp3) is 0.258. The van der Waals surface area contributed by atoms with Crippen molar-refractivity contribution in [2.45, 2.75) is 13.8 Å². The molecule has 0 atom stereocenters. The predicted octanol–water partition coefficient (Wildman–Crippen LogP) is 4.12. The number of rotatable bonds is 4. The fourth-order valence-electron chi connectivity index (χ4n) is 5.32. The molecule has 3 aromatic rings. The number of hydrogen-bond acceptors (Lipinski definition) is 6. The third-order valence-electron chi connectivity index (χ3n) is 7.54. The van der Waals surface area contributed by atoms with E-state index < -0.39 is 5.63 Å². The minimum atomic E-state index is -0.701. The molecule has 0 bridgehead atoms. The highest BCUT2D eigenvalue weighted by molar-refractivity contribution is 5.97. The topological polar surface area (TPSA) is 90.1 Å². The molecule has 0 saturated carbocycles. The van der Waals surface area contributed by atoms with Gasteiger partial charge < -0.3 is 23.7 Å². The molecule has 3 aliphatic rings. The van der Waals surface area contributed by atoms with Crippen LogP contribution < -0.4 is 20.5 Å². The number of aromatic hydroxyl groups is 1. The van der Waals surface area contributed by atoms with E-state index in [2.05, 4.69) is 65.8 Å². The van der Waals surface area contributed by atoms with Crippen LogP contribution in [0.4, 0.5) is 5.69 Å². The number of hydrogen-bond donors (Lipinski definition) is 1. The van der Waals surface area contributed by atoms with E-state index in [1.165, 1.54) is 18.2 Å². The molecule has 198 valence electrons. The maximum atomic E-state index is 13.2. The number of piperazine rings is 1. The first-order chi connectivity index (χ1) is 18.9. The molecule has 1 fully saturated rings. The van der Waals surface area contributed by atoms with Gasteiger partial charge in [0.25, 0.3) is 5.91 Å². The summed E-state index contributed by atoms with van der Waals surface area (Å²) in [6, 6.07) is 20.7. The molecule has 1 N–H and O–H groups in total. The van der Waals surface area contributed by atoms with Crippen LogP contribution in [0.5, 0.6) is 5.75 Å². The number of carbonyl (C=O) groups excluding carboxylic acids is 1. The van der Waals surface area contributed by atoms with E-state index in [1.54, 1.807) is 11.0 Å². The van der Waals surface area contributed by atoms with Gasteiger partial charge in [0.15, 0.2) is 13.1 Å². The van der Waals surface area contributed by atoms with Crippen LogP contribution in [-0.4, -0.2) is 55.2 Å². The Bertz CT molecular complexity index is 1810. The van der Waals surface area contributed by atoms with E-state index >= 15 is 0 Å². The molecule has 0 unspecified atom stereocenters. The third-order valence-corrected chi connectivity index (χ3v) is 7.54. The van der Waals surface area contributed by atoms with Crippen molar-refractivity contribution in [3.63, 3.8) is 0 Å². The van der Waals surface area contributed by atoms with Gasteiger partial charge in [0.1, 0.15) is 28.2 Å². The smallest absolute Gasteiger partial charge is 0.349 e. The van der Waals surface area contributed by atoms with Gasteiger partial charge in [-0.25, -0.2) is 9.37 Å². The number of phenolic OH excluding ortho intramolecular Hbond substituents is 1. The summed E-state index contributed by atoms with van der Waals surface area (Å²) in [6.45, 7) is 8.38. The molecule has 8 heteroatoms. The van der Waals surface area contributed by atoms with E-state index in [4.69, 9.17) is 8.83 Å². The van der Waals surface area contributed by atoms with Crippen LogP contribution in [0.3, 0.4) is 0 Å².